The third-order valence-corrected chi connectivity index (χ3v) is 5.63. The van der Waals surface area contributed by atoms with Gasteiger partial charge in [0.05, 0.1) is 10.8 Å². The van der Waals surface area contributed by atoms with Crippen LogP contribution in [0.15, 0.2) is 60.2 Å². The highest BCUT2D eigenvalue weighted by Gasteiger charge is 2.27. The van der Waals surface area contributed by atoms with E-state index in [0.29, 0.717) is 28.7 Å². The monoisotopic (exact) mass is 407 g/mol. The first kappa shape index (κ1) is 19.1. The molecule has 4 rings (SSSR count). The number of carbonyl (C=O) groups is 2. The molecule has 0 saturated carbocycles. The molecule has 1 unspecified atom stereocenters. The number of anilines is 3. The van der Waals surface area contributed by atoms with Crippen LogP contribution in [0.4, 0.5) is 17.3 Å². The number of hydrogen-bond acceptors (Lipinski definition) is 6. The third-order valence-electron chi connectivity index (χ3n) is 4.76. The van der Waals surface area contributed by atoms with E-state index in [1.165, 1.54) is 11.3 Å². The molecular weight excluding hydrogens is 386 g/mol. The van der Waals surface area contributed by atoms with Gasteiger partial charge in [-0.15, -0.1) is 11.3 Å². The molecule has 29 heavy (non-hydrogen) atoms. The van der Waals surface area contributed by atoms with Crippen LogP contribution in [0.5, 0.6) is 0 Å². The van der Waals surface area contributed by atoms with Crippen LogP contribution in [0, 0.1) is 5.92 Å². The van der Waals surface area contributed by atoms with Crippen LogP contribution in [-0.2, 0) is 4.79 Å². The molecule has 2 amide bonds. The molecule has 2 aromatic heterocycles. The predicted molar refractivity (Wildman–Crippen MR) is 114 cm³/mol. The Morgan fingerprint density at radius 3 is 2.59 bits per heavy atom. The summed E-state index contributed by atoms with van der Waals surface area (Å²) < 4.78 is 0. The minimum atomic E-state index is -0.158. The first-order chi connectivity index (χ1) is 14.2. The van der Waals surface area contributed by atoms with Gasteiger partial charge in [-0.1, -0.05) is 12.1 Å². The van der Waals surface area contributed by atoms with Gasteiger partial charge in [-0.05, 0) is 48.6 Å². The van der Waals surface area contributed by atoms with Crippen molar-refractivity contribution in [2.24, 2.45) is 5.92 Å². The fraction of sp³-hybridized carbons (Fsp3) is 0.238. The Kier molecular flexibility index (Phi) is 5.81. The number of rotatable bonds is 5. The average molecular weight is 407 g/mol. The Morgan fingerprint density at radius 2 is 1.83 bits per heavy atom. The molecule has 0 bridgehead atoms. The van der Waals surface area contributed by atoms with Crippen molar-refractivity contribution >= 4 is 40.5 Å². The number of hydrogen-bond donors (Lipinski definition) is 2. The summed E-state index contributed by atoms with van der Waals surface area (Å²) in [5, 5.41) is 7.70. The second-order valence-electron chi connectivity index (χ2n) is 6.84. The SMILES string of the molecule is O=C(Nc1cccc(NC(=O)C2CCCN(c3ncccn3)C2)c1)c1cccs1. The Balaban J connectivity index is 1.38. The molecule has 0 aliphatic carbocycles. The summed E-state index contributed by atoms with van der Waals surface area (Å²) in [5.74, 6) is 0.321. The summed E-state index contributed by atoms with van der Waals surface area (Å²) in [6, 6.07) is 12.6. The van der Waals surface area contributed by atoms with Crippen molar-refractivity contribution in [3.05, 3.63) is 65.1 Å². The minimum Gasteiger partial charge on any atom is -0.340 e. The molecule has 3 aromatic rings. The Morgan fingerprint density at radius 1 is 1.03 bits per heavy atom. The van der Waals surface area contributed by atoms with Gasteiger partial charge in [-0.2, -0.15) is 0 Å². The van der Waals surface area contributed by atoms with E-state index in [4.69, 9.17) is 0 Å². The number of nitrogens with one attached hydrogen (secondary N) is 2. The van der Waals surface area contributed by atoms with Gasteiger partial charge in [0.25, 0.3) is 5.91 Å². The van der Waals surface area contributed by atoms with Gasteiger partial charge in [-0.3, -0.25) is 9.59 Å². The smallest absolute Gasteiger partial charge is 0.265 e. The highest BCUT2D eigenvalue weighted by molar-refractivity contribution is 7.12. The van der Waals surface area contributed by atoms with Crippen LogP contribution in [-0.4, -0.2) is 34.9 Å². The fourth-order valence-electron chi connectivity index (χ4n) is 3.35. The molecule has 3 heterocycles. The van der Waals surface area contributed by atoms with E-state index < -0.39 is 0 Å². The molecule has 1 aromatic carbocycles. The van der Waals surface area contributed by atoms with Crippen molar-refractivity contribution in [1.29, 1.82) is 0 Å². The third kappa shape index (κ3) is 4.78. The number of piperidine rings is 1. The van der Waals surface area contributed by atoms with Crippen molar-refractivity contribution in [1.82, 2.24) is 9.97 Å². The van der Waals surface area contributed by atoms with Gasteiger partial charge in [0, 0.05) is 36.9 Å². The van der Waals surface area contributed by atoms with E-state index in [0.717, 1.165) is 19.4 Å². The van der Waals surface area contributed by atoms with E-state index in [9.17, 15) is 9.59 Å². The maximum absolute atomic E-state index is 12.8. The molecule has 1 aliphatic heterocycles. The van der Waals surface area contributed by atoms with Crippen LogP contribution in [0.3, 0.4) is 0 Å². The lowest BCUT2D eigenvalue weighted by Gasteiger charge is -2.31. The summed E-state index contributed by atoms with van der Waals surface area (Å²) in [5.41, 5.74) is 1.30. The van der Waals surface area contributed by atoms with Crippen LogP contribution < -0.4 is 15.5 Å². The van der Waals surface area contributed by atoms with Crippen molar-refractivity contribution in [2.45, 2.75) is 12.8 Å². The van der Waals surface area contributed by atoms with Gasteiger partial charge in [0.15, 0.2) is 0 Å². The van der Waals surface area contributed by atoms with Gasteiger partial charge in [0.2, 0.25) is 11.9 Å². The maximum atomic E-state index is 12.8. The number of amides is 2. The molecule has 8 heteroatoms. The molecule has 0 radical (unpaired) electrons. The maximum Gasteiger partial charge on any atom is 0.265 e. The zero-order valence-electron chi connectivity index (χ0n) is 15.7. The number of aromatic nitrogens is 2. The number of nitrogens with zero attached hydrogens (tertiary/aromatic N) is 3. The molecule has 1 aliphatic rings. The highest BCUT2D eigenvalue weighted by atomic mass is 32.1. The highest BCUT2D eigenvalue weighted by Crippen LogP contribution is 2.23. The first-order valence-corrected chi connectivity index (χ1v) is 10.3. The summed E-state index contributed by atoms with van der Waals surface area (Å²) in [7, 11) is 0. The van der Waals surface area contributed by atoms with Crippen LogP contribution >= 0.6 is 11.3 Å². The van der Waals surface area contributed by atoms with Crippen LogP contribution in [0.25, 0.3) is 0 Å². The van der Waals surface area contributed by atoms with E-state index in [1.807, 2.05) is 28.5 Å². The topological polar surface area (TPSA) is 87.2 Å². The van der Waals surface area contributed by atoms with Crippen LogP contribution in [0.2, 0.25) is 0 Å². The molecule has 1 saturated heterocycles. The lowest BCUT2D eigenvalue weighted by Crippen LogP contribution is -2.41. The number of benzene rings is 1. The zero-order valence-corrected chi connectivity index (χ0v) is 16.6. The van der Waals surface area contributed by atoms with E-state index in [2.05, 4.69) is 20.6 Å². The summed E-state index contributed by atoms with van der Waals surface area (Å²) in [4.78, 5) is 36.3. The average Bonchev–Trinajstić information content (AvgIpc) is 3.30. The van der Waals surface area contributed by atoms with Crippen molar-refractivity contribution < 1.29 is 9.59 Å². The van der Waals surface area contributed by atoms with E-state index in [-0.39, 0.29) is 17.7 Å². The second kappa shape index (κ2) is 8.83. The Labute approximate surface area is 172 Å². The van der Waals surface area contributed by atoms with Gasteiger partial charge < -0.3 is 15.5 Å². The summed E-state index contributed by atoms with van der Waals surface area (Å²) >= 11 is 1.39. The molecule has 1 atom stereocenters. The lowest BCUT2D eigenvalue weighted by atomic mass is 9.97. The molecular formula is C21H21N5O2S. The normalized spacial score (nSPS) is 16.3. The zero-order chi connectivity index (χ0) is 20.1. The summed E-state index contributed by atoms with van der Waals surface area (Å²) in [6.07, 6.45) is 5.15. The predicted octanol–water partition coefficient (Wildman–Crippen LogP) is 3.65. The Bertz CT molecular complexity index is 978. The van der Waals surface area contributed by atoms with Gasteiger partial charge >= 0.3 is 0 Å². The number of carbonyl (C=O) groups excluding carboxylic acids is 2. The Hall–Kier alpha value is -3.26. The lowest BCUT2D eigenvalue weighted by molar-refractivity contribution is -0.120. The standard InChI is InChI=1S/C21H21N5O2S/c27-19(15-5-2-11-26(14-15)21-22-9-4-10-23-21)24-16-6-1-7-17(13-16)25-20(28)18-8-3-12-29-18/h1,3-4,6-10,12-13,15H,2,5,11,14H2,(H,24,27)(H,25,28). The molecule has 1 fully saturated rings. The number of thiophene rings is 1. The van der Waals surface area contributed by atoms with E-state index >= 15 is 0 Å². The molecule has 2 N–H and O–H groups in total. The molecule has 7 nitrogen and oxygen atoms in total. The first-order valence-electron chi connectivity index (χ1n) is 9.47. The molecule has 148 valence electrons. The summed E-state index contributed by atoms with van der Waals surface area (Å²) in [6.45, 7) is 1.43. The van der Waals surface area contributed by atoms with Gasteiger partial charge in [0.1, 0.15) is 0 Å². The quantitative estimate of drug-likeness (QED) is 0.674. The van der Waals surface area contributed by atoms with Crippen molar-refractivity contribution in [2.75, 3.05) is 28.6 Å². The second-order valence-corrected chi connectivity index (χ2v) is 7.78. The van der Waals surface area contributed by atoms with Crippen molar-refractivity contribution in [3.63, 3.8) is 0 Å². The largest absolute Gasteiger partial charge is 0.340 e. The fourth-order valence-corrected chi connectivity index (χ4v) is 3.97. The minimum absolute atomic E-state index is 0.0348. The van der Waals surface area contributed by atoms with Crippen LogP contribution in [0.1, 0.15) is 22.5 Å². The van der Waals surface area contributed by atoms with Crippen molar-refractivity contribution in [3.8, 4) is 0 Å². The van der Waals surface area contributed by atoms with Gasteiger partial charge in [-0.25, -0.2) is 9.97 Å². The van der Waals surface area contributed by atoms with E-state index in [1.54, 1.807) is 36.7 Å². The molecule has 0 spiro atoms.